The monoisotopic (exact) mass is 755 g/mol. The van der Waals surface area contributed by atoms with E-state index in [2.05, 4.69) is 60.3 Å². The van der Waals surface area contributed by atoms with E-state index in [0.29, 0.717) is 54.3 Å². The van der Waals surface area contributed by atoms with Gasteiger partial charge in [0.15, 0.2) is 5.82 Å². The van der Waals surface area contributed by atoms with Gasteiger partial charge in [0.1, 0.15) is 11.9 Å². The number of anilines is 3. The van der Waals surface area contributed by atoms with Crippen molar-refractivity contribution in [1.29, 1.82) is 0 Å². The van der Waals surface area contributed by atoms with Crippen molar-refractivity contribution in [3.63, 3.8) is 0 Å². The molecule has 4 aliphatic heterocycles. The minimum absolute atomic E-state index is 0.0813. The standard InChI is InChI=1S/C44H51N9O3/c45-43-40(27-37(47-48-43)35-5-1-2-8-41(35)54)51-25-26-56-42(29-51)32-9-11-33(12-10-32)44(55)50-22-13-31(14-23-50)28-49-20-15-34(16-21-49)53-24-17-36-38(6-3-7-39(36)53)52-19-4-18-46-30-52/h1-12,17,19,24,27,31,34,42,46,54H,13-16,18,20-23,25-26,28-30H2,(H2,45,48)/i18D,30D/t18?,30-,42?/m0/s1. The first-order valence-corrected chi connectivity index (χ1v) is 19.9. The number of nitrogens with zero attached hydrogens (tertiary/aromatic N) is 7. The molecule has 12 nitrogen and oxygen atoms in total. The molecule has 5 aromatic rings. The summed E-state index contributed by atoms with van der Waals surface area (Å²) >= 11 is 0. The van der Waals surface area contributed by atoms with Gasteiger partial charge in [-0.1, -0.05) is 36.4 Å². The first-order chi connectivity index (χ1) is 28.3. The fourth-order valence-corrected chi connectivity index (χ4v) is 8.85. The molecule has 0 spiro atoms. The molecule has 1 amide bonds. The number of carbonyl (C=O) groups is 1. The van der Waals surface area contributed by atoms with Crippen molar-refractivity contribution in [2.24, 2.45) is 5.92 Å². The Bertz CT molecular complexity index is 2270. The highest BCUT2D eigenvalue weighted by Gasteiger charge is 2.29. The number of hydrogen-bond acceptors (Lipinski definition) is 10. The second-order valence-electron chi connectivity index (χ2n) is 15.4. The highest BCUT2D eigenvalue weighted by atomic mass is 16.5. The number of nitrogens with two attached hydrogens (primary N) is 1. The van der Waals surface area contributed by atoms with Gasteiger partial charge in [0.25, 0.3) is 5.91 Å². The molecule has 290 valence electrons. The maximum Gasteiger partial charge on any atom is 0.253 e. The molecule has 56 heavy (non-hydrogen) atoms. The number of aromatic nitrogens is 3. The number of carbonyl (C=O) groups excluding carboxylic acids is 1. The number of likely N-dealkylation sites (tertiary alicyclic amines) is 2. The van der Waals surface area contributed by atoms with Crippen LogP contribution in [0.2, 0.25) is 0 Å². The van der Waals surface area contributed by atoms with Gasteiger partial charge >= 0.3 is 0 Å². The van der Waals surface area contributed by atoms with Crippen molar-refractivity contribution >= 4 is 34.0 Å². The highest BCUT2D eigenvalue weighted by Crippen LogP contribution is 2.36. The second-order valence-corrected chi connectivity index (χ2v) is 15.4. The molecule has 2 unspecified atom stereocenters. The molecule has 3 aromatic carbocycles. The highest BCUT2D eigenvalue weighted by molar-refractivity contribution is 5.94. The molecule has 6 heterocycles. The van der Waals surface area contributed by atoms with Gasteiger partial charge in [-0.15, -0.1) is 10.2 Å². The molecule has 3 fully saturated rings. The minimum Gasteiger partial charge on any atom is -0.507 e. The van der Waals surface area contributed by atoms with Gasteiger partial charge < -0.3 is 39.7 Å². The molecule has 0 radical (unpaired) electrons. The number of amides is 1. The zero-order valence-electron chi connectivity index (χ0n) is 33.6. The summed E-state index contributed by atoms with van der Waals surface area (Å²) in [5.74, 6) is 1.12. The summed E-state index contributed by atoms with van der Waals surface area (Å²) in [6.07, 6.45) is 9.83. The third kappa shape index (κ3) is 7.44. The molecule has 3 saturated heterocycles. The lowest BCUT2D eigenvalue weighted by Gasteiger charge is -2.38. The van der Waals surface area contributed by atoms with Crippen LogP contribution in [0.25, 0.3) is 22.2 Å². The predicted octanol–water partition coefficient (Wildman–Crippen LogP) is 6.03. The fourth-order valence-electron chi connectivity index (χ4n) is 8.85. The zero-order chi connectivity index (χ0) is 39.8. The Hall–Kier alpha value is -5.43. The van der Waals surface area contributed by atoms with Crippen molar-refractivity contribution < 1.29 is 17.4 Å². The van der Waals surface area contributed by atoms with E-state index >= 15 is 0 Å². The Labute approximate surface area is 331 Å². The maximum absolute atomic E-state index is 13.6. The van der Waals surface area contributed by atoms with E-state index in [0.717, 1.165) is 80.7 Å². The number of ether oxygens (including phenoxy) is 1. The van der Waals surface area contributed by atoms with Crippen LogP contribution >= 0.6 is 0 Å². The van der Waals surface area contributed by atoms with Crippen LogP contribution in [0.1, 0.15) is 56.5 Å². The first-order valence-electron chi connectivity index (χ1n) is 21.0. The van der Waals surface area contributed by atoms with Crippen molar-refractivity contribution in [3.05, 3.63) is 108 Å². The third-order valence-corrected chi connectivity index (χ3v) is 12.0. The van der Waals surface area contributed by atoms with E-state index in [1.165, 1.54) is 5.52 Å². The predicted molar refractivity (Wildman–Crippen MR) is 221 cm³/mol. The number of hydrogen-bond donors (Lipinski definition) is 3. The molecule has 0 saturated carbocycles. The Kier molecular flexibility index (Phi) is 9.66. The van der Waals surface area contributed by atoms with E-state index in [1.807, 2.05) is 52.4 Å². The lowest BCUT2D eigenvalue weighted by Crippen LogP contribution is -2.43. The van der Waals surface area contributed by atoms with Crippen LogP contribution in [0.5, 0.6) is 5.75 Å². The van der Waals surface area contributed by atoms with Gasteiger partial charge in [-0.3, -0.25) is 10.1 Å². The number of benzene rings is 3. The van der Waals surface area contributed by atoms with Crippen molar-refractivity contribution in [2.75, 3.05) is 81.1 Å². The number of phenols is 1. The third-order valence-electron chi connectivity index (χ3n) is 12.0. The lowest BCUT2D eigenvalue weighted by atomic mass is 9.94. The van der Waals surface area contributed by atoms with Crippen molar-refractivity contribution in [1.82, 2.24) is 29.9 Å². The van der Waals surface area contributed by atoms with Crippen LogP contribution in [-0.2, 0) is 4.74 Å². The van der Waals surface area contributed by atoms with E-state index in [1.54, 1.807) is 24.3 Å². The fraction of sp³-hybridized carbons (Fsp3) is 0.386. The Morgan fingerprint density at radius 3 is 2.55 bits per heavy atom. The number of rotatable bonds is 8. The maximum atomic E-state index is 13.6. The number of para-hydroxylation sites is 1. The molecule has 0 bridgehead atoms. The van der Waals surface area contributed by atoms with Crippen molar-refractivity contribution in [3.8, 4) is 17.0 Å². The van der Waals surface area contributed by atoms with Crippen LogP contribution in [0, 0.1) is 5.92 Å². The number of nitrogens with one attached hydrogen (secondary N) is 1. The minimum atomic E-state index is -0.691. The van der Waals surface area contributed by atoms with Gasteiger partial charge in [-0.05, 0) is 85.7 Å². The number of morpholine rings is 1. The average molecular weight is 756 g/mol. The summed E-state index contributed by atoms with van der Waals surface area (Å²) in [4.78, 5) is 22.3. The smallest absolute Gasteiger partial charge is 0.253 e. The first kappa shape index (κ1) is 33.9. The summed E-state index contributed by atoms with van der Waals surface area (Å²) in [7, 11) is 0. The molecular formula is C44H51N9O3. The van der Waals surface area contributed by atoms with E-state index in [9.17, 15) is 9.90 Å². The van der Waals surface area contributed by atoms with Crippen LogP contribution in [0.15, 0.2) is 97.3 Å². The molecule has 2 aromatic heterocycles. The molecular weight excluding hydrogens is 703 g/mol. The molecule has 0 aliphatic carbocycles. The molecule has 12 heteroatoms. The number of fused-ring (bicyclic) bond motifs is 1. The summed E-state index contributed by atoms with van der Waals surface area (Å²) in [5, 5.41) is 22.9. The lowest BCUT2D eigenvalue weighted by molar-refractivity contribution is 0.0398. The number of piperidine rings is 2. The van der Waals surface area contributed by atoms with Crippen LogP contribution < -0.4 is 20.9 Å². The number of nitrogen functional groups attached to an aromatic ring is 1. The molecule has 3 atom stereocenters. The van der Waals surface area contributed by atoms with Gasteiger partial charge in [0.2, 0.25) is 0 Å². The van der Waals surface area contributed by atoms with Crippen LogP contribution in [-0.4, -0.2) is 101 Å². The molecule has 9 rings (SSSR count). The number of phenolic OH excluding ortho intramolecular Hbond substituents is 1. The zero-order valence-corrected chi connectivity index (χ0v) is 31.6. The number of aromatic hydroxyl groups is 1. The molecule has 4 N–H and O–H groups in total. The average Bonchev–Trinajstić information content (AvgIpc) is 3.69. The summed E-state index contributed by atoms with van der Waals surface area (Å²) in [6, 6.07) is 25.7. The van der Waals surface area contributed by atoms with E-state index < -0.39 is 13.2 Å². The normalized spacial score (nSPS) is 23.4. The quantitative estimate of drug-likeness (QED) is 0.173. The van der Waals surface area contributed by atoms with Gasteiger partial charge in [0, 0.05) is 88.7 Å². The van der Waals surface area contributed by atoms with Crippen LogP contribution in [0.3, 0.4) is 0 Å². The van der Waals surface area contributed by atoms with Crippen molar-refractivity contribution in [2.45, 2.75) is 37.8 Å². The van der Waals surface area contributed by atoms with Gasteiger partial charge in [-0.25, -0.2) is 0 Å². The largest absolute Gasteiger partial charge is 0.507 e. The molecule has 4 aliphatic rings. The van der Waals surface area contributed by atoms with E-state index in [-0.39, 0.29) is 17.8 Å². The SMILES string of the molecule is [2H]C1C=CN(c2cccc3c2ccn3C2CCN(CC3CCN(C(=O)c4ccc(C5CN(c6cc(-c7ccccc7O)nnc6N)CCO5)cc4)CC3)CC2)[C@@H]([2H])N1. The Balaban J connectivity index is 0.757. The summed E-state index contributed by atoms with van der Waals surface area (Å²) in [6.45, 7) is 5.20. The van der Waals surface area contributed by atoms with Gasteiger partial charge in [0.05, 0.1) is 37.2 Å². The topological polar surface area (TPSA) is 128 Å². The Morgan fingerprint density at radius 2 is 1.75 bits per heavy atom. The summed E-state index contributed by atoms with van der Waals surface area (Å²) in [5.41, 5.74) is 12.1. The van der Waals surface area contributed by atoms with Crippen LogP contribution in [0.4, 0.5) is 17.2 Å². The van der Waals surface area contributed by atoms with E-state index in [4.69, 9.17) is 13.2 Å². The Morgan fingerprint density at radius 1 is 0.929 bits per heavy atom. The summed E-state index contributed by atoms with van der Waals surface area (Å²) < 4.78 is 25.0. The van der Waals surface area contributed by atoms with Gasteiger partial charge in [-0.2, -0.15) is 0 Å². The second kappa shape index (κ2) is 16.0.